The molecule has 1 aromatic heterocycles. The summed E-state index contributed by atoms with van der Waals surface area (Å²) in [4.78, 5) is 23.8. The largest absolute Gasteiger partial charge is 0.273 e. The number of aromatic nitrogens is 3. The lowest BCUT2D eigenvalue weighted by Crippen LogP contribution is -2.45. The van der Waals surface area contributed by atoms with Gasteiger partial charge < -0.3 is 0 Å². The molecule has 0 aliphatic heterocycles. The number of para-hydroxylation sites is 1. The van der Waals surface area contributed by atoms with Crippen molar-refractivity contribution in [3.05, 3.63) is 24.3 Å². The van der Waals surface area contributed by atoms with Crippen molar-refractivity contribution in [1.82, 2.24) is 25.8 Å². The van der Waals surface area contributed by atoms with Gasteiger partial charge in [-0.1, -0.05) is 36.6 Å². The Hall–Kier alpha value is -2.44. The molecule has 1 aliphatic rings. The van der Waals surface area contributed by atoms with Crippen molar-refractivity contribution in [1.29, 1.82) is 0 Å². The summed E-state index contributed by atoms with van der Waals surface area (Å²) in [6.45, 7) is 0.422. The van der Waals surface area contributed by atoms with Crippen LogP contribution in [0, 0.1) is 5.92 Å². The van der Waals surface area contributed by atoms with Crippen LogP contribution < -0.4 is 10.9 Å². The number of rotatable bonds is 4. The third kappa shape index (κ3) is 3.85. The standard InChI is InChI=1S/C16H21N5O2/c22-15(18-19-16(23)12-6-2-1-3-7-12)10-11-21-14-9-5-4-8-13(14)17-20-21/h4-5,8-9,12H,1-3,6-7,10-11H2,(H,18,22)(H,19,23). The van der Waals surface area contributed by atoms with Crippen molar-refractivity contribution in [2.45, 2.75) is 45.1 Å². The van der Waals surface area contributed by atoms with Crippen LogP contribution in [-0.4, -0.2) is 26.8 Å². The topological polar surface area (TPSA) is 88.9 Å². The van der Waals surface area contributed by atoms with E-state index in [0.717, 1.165) is 36.7 Å². The molecule has 1 aromatic carbocycles. The first kappa shape index (κ1) is 15.5. The number of hydrogen-bond donors (Lipinski definition) is 2. The molecule has 1 heterocycles. The van der Waals surface area contributed by atoms with Crippen molar-refractivity contribution in [3.8, 4) is 0 Å². The fourth-order valence-corrected chi connectivity index (χ4v) is 2.95. The summed E-state index contributed by atoms with van der Waals surface area (Å²) < 4.78 is 1.69. The lowest BCUT2D eigenvalue weighted by Gasteiger charge is -2.20. The number of fused-ring (bicyclic) bond motifs is 1. The molecule has 3 rings (SSSR count). The maximum atomic E-state index is 12.0. The van der Waals surface area contributed by atoms with Crippen LogP contribution in [0.25, 0.3) is 11.0 Å². The molecule has 1 aliphatic carbocycles. The minimum atomic E-state index is -0.228. The van der Waals surface area contributed by atoms with E-state index in [4.69, 9.17) is 0 Å². The van der Waals surface area contributed by atoms with E-state index in [0.29, 0.717) is 6.54 Å². The van der Waals surface area contributed by atoms with Crippen LogP contribution in [0.15, 0.2) is 24.3 Å². The molecular formula is C16H21N5O2. The lowest BCUT2D eigenvalue weighted by molar-refractivity contribution is -0.132. The van der Waals surface area contributed by atoms with Gasteiger partial charge in [-0.15, -0.1) is 5.10 Å². The Labute approximate surface area is 134 Å². The van der Waals surface area contributed by atoms with Crippen molar-refractivity contribution in [3.63, 3.8) is 0 Å². The quantitative estimate of drug-likeness (QED) is 0.838. The summed E-state index contributed by atoms with van der Waals surface area (Å²) in [5.74, 6) is -0.277. The molecule has 0 bridgehead atoms. The average molecular weight is 315 g/mol. The molecule has 0 unspecified atom stereocenters. The van der Waals surface area contributed by atoms with Gasteiger partial charge in [0.25, 0.3) is 0 Å². The van der Waals surface area contributed by atoms with Crippen molar-refractivity contribution in [2.75, 3.05) is 0 Å². The number of nitrogens with zero attached hydrogens (tertiary/aromatic N) is 3. The molecule has 7 nitrogen and oxygen atoms in total. The van der Waals surface area contributed by atoms with Crippen molar-refractivity contribution < 1.29 is 9.59 Å². The highest BCUT2D eigenvalue weighted by Crippen LogP contribution is 2.23. The monoisotopic (exact) mass is 315 g/mol. The van der Waals surface area contributed by atoms with Crippen LogP contribution in [0.2, 0.25) is 0 Å². The highest BCUT2D eigenvalue weighted by atomic mass is 16.2. The van der Waals surface area contributed by atoms with Gasteiger partial charge >= 0.3 is 0 Å². The highest BCUT2D eigenvalue weighted by Gasteiger charge is 2.21. The second-order valence-electron chi connectivity index (χ2n) is 5.92. The van der Waals surface area contributed by atoms with Crippen LogP contribution in [0.4, 0.5) is 0 Å². The molecule has 0 spiro atoms. The van der Waals surface area contributed by atoms with Crippen molar-refractivity contribution >= 4 is 22.8 Å². The summed E-state index contributed by atoms with van der Waals surface area (Å²) in [6.07, 6.45) is 5.43. The Morgan fingerprint density at radius 2 is 1.91 bits per heavy atom. The predicted octanol–water partition coefficient (Wildman–Crippen LogP) is 1.55. The molecule has 0 saturated heterocycles. The number of carbonyl (C=O) groups is 2. The van der Waals surface area contributed by atoms with Crippen LogP contribution in [-0.2, 0) is 16.1 Å². The first-order valence-corrected chi connectivity index (χ1v) is 8.11. The molecule has 2 amide bonds. The van der Waals surface area contributed by atoms with Gasteiger partial charge in [0.15, 0.2) is 0 Å². The number of nitrogens with one attached hydrogen (secondary N) is 2. The summed E-state index contributed by atoms with van der Waals surface area (Å²) in [7, 11) is 0. The molecule has 0 atom stereocenters. The maximum Gasteiger partial charge on any atom is 0.241 e. The van der Waals surface area contributed by atoms with Gasteiger partial charge in [-0.25, -0.2) is 4.68 Å². The molecule has 23 heavy (non-hydrogen) atoms. The third-order valence-electron chi connectivity index (χ3n) is 4.27. The normalized spacial score (nSPS) is 15.5. The highest BCUT2D eigenvalue weighted by molar-refractivity contribution is 5.83. The number of hydrazine groups is 1. The zero-order chi connectivity index (χ0) is 16.1. The predicted molar refractivity (Wildman–Crippen MR) is 85.0 cm³/mol. The van der Waals surface area contributed by atoms with E-state index in [1.165, 1.54) is 6.42 Å². The Balaban J connectivity index is 1.45. The van der Waals surface area contributed by atoms with Crippen LogP contribution >= 0.6 is 0 Å². The fourth-order valence-electron chi connectivity index (χ4n) is 2.95. The van der Waals surface area contributed by atoms with E-state index < -0.39 is 0 Å². The van der Waals surface area contributed by atoms with Crippen LogP contribution in [0.1, 0.15) is 38.5 Å². The molecule has 1 fully saturated rings. The Morgan fingerprint density at radius 3 is 2.74 bits per heavy atom. The van der Waals surface area contributed by atoms with E-state index >= 15 is 0 Å². The van der Waals surface area contributed by atoms with Crippen LogP contribution in [0.3, 0.4) is 0 Å². The minimum absolute atomic E-state index is 0.0308. The van der Waals surface area contributed by atoms with E-state index in [-0.39, 0.29) is 24.2 Å². The first-order chi connectivity index (χ1) is 11.2. The van der Waals surface area contributed by atoms with Gasteiger partial charge in [-0.05, 0) is 25.0 Å². The maximum absolute atomic E-state index is 12.0. The number of hydrogen-bond acceptors (Lipinski definition) is 4. The van der Waals surface area contributed by atoms with E-state index in [9.17, 15) is 9.59 Å². The number of amides is 2. The molecule has 122 valence electrons. The Bertz CT molecular complexity index is 691. The van der Waals surface area contributed by atoms with E-state index in [1.54, 1.807) is 4.68 Å². The molecule has 7 heteroatoms. The smallest absolute Gasteiger partial charge is 0.241 e. The van der Waals surface area contributed by atoms with Gasteiger partial charge in [-0.2, -0.15) is 0 Å². The zero-order valence-corrected chi connectivity index (χ0v) is 13.0. The van der Waals surface area contributed by atoms with Crippen LogP contribution in [0.5, 0.6) is 0 Å². The Kier molecular flexibility index (Phi) is 4.85. The molecule has 2 aromatic rings. The fraction of sp³-hybridized carbons (Fsp3) is 0.500. The number of carbonyl (C=O) groups excluding carboxylic acids is 2. The zero-order valence-electron chi connectivity index (χ0n) is 13.0. The summed E-state index contributed by atoms with van der Waals surface area (Å²) in [5.41, 5.74) is 6.72. The van der Waals surface area contributed by atoms with Gasteiger partial charge in [0.05, 0.1) is 12.1 Å². The lowest BCUT2D eigenvalue weighted by atomic mass is 9.89. The first-order valence-electron chi connectivity index (χ1n) is 8.11. The van der Waals surface area contributed by atoms with Gasteiger partial charge in [0.1, 0.15) is 5.52 Å². The van der Waals surface area contributed by atoms with Crippen molar-refractivity contribution in [2.24, 2.45) is 5.92 Å². The van der Waals surface area contributed by atoms with E-state index in [2.05, 4.69) is 21.2 Å². The molecular weight excluding hydrogens is 294 g/mol. The molecule has 2 N–H and O–H groups in total. The summed E-state index contributed by atoms with van der Waals surface area (Å²) in [5, 5.41) is 8.08. The second-order valence-corrected chi connectivity index (χ2v) is 5.92. The molecule has 1 saturated carbocycles. The van der Waals surface area contributed by atoms with Gasteiger partial charge in [0, 0.05) is 12.3 Å². The minimum Gasteiger partial charge on any atom is -0.273 e. The average Bonchev–Trinajstić information content (AvgIpc) is 3.02. The Morgan fingerprint density at radius 1 is 1.13 bits per heavy atom. The van der Waals surface area contributed by atoms with Gasteiger partial charge in [-0.3, -0.25) is 20.4 Å². The SMILES string of the molecule is O=C(CCn1nnc2ccccc21)NNC(=O)C1CCCCC1. The van der Waals surface area contributed by atoms with E-state index in [1.807, 2.05) is 24.3 Å². The molecule has 0 radical (unpaired) electrons. The summed E-state index contributed by atoms with van der Waals surface area (Å²) >= 11 is 0. The van der Waals surface area contributed by atoms with Gasteiger partial charge in [0.2, 0.25) is 11.8 Å². The third-order valence-corrected chi connectivity index (χ3v) is 4.27. The second kappa shape index (κ2) is 7.21. The number of benzene rings is 1. The number of aryl methyl sites for hydroxylation is 1. The summed E-state index contributed by atoms with van der Waals surface area (Å²) in [6, 6.07) is 7.60.